The minimum absolute atomic E-state index is 0.130. The summed E-state index contributed by atoms with van der Waals surface area (Å²) in [6.07, 6.45) is 2.96. The van der Waals surface area contributed by atoms with Crippen LogP contribution in [0.4, 0.5) is 0 Å². The van der Waals surface area contributed by atoms with Gasteiger partial charge in [0.15, 0.2) is 5.16 Å². The Bertz CT molecular complexity index is 958. The summed E-state index contributed by atoms with van der Waals surface area (Å²) in [6.45, 7) is 6.54. The molecule has 126 valence electrons. The molecule has 10 heteroatoms. The highest BCUT2D eigenvalue weighted by Crippen LogP contribution is 2.25. The van der Waals surface area contributed by atoms with Gasteiger partial charge in [-0.05, 0) is 26.3 Å². The molecule has 24 heavy (non-hydrogen) atoms. The second-order valence-corrected chi connectivity index (χ2v) is 7.25. The summed E-state index contributed by atoms with van der Waals surface area (Å²) in [6, 6.07) is 0. The minimum atomic E-state index is -0.307. The third-order valence-corrected chi connectivity index (χ3v) is 5.68. The monoisotopic (exact) mass is 364 g/mol. The van der Waals surface area contributed by atoms with Crippen LogP contribution >= 0.6 is 23.1 Å². The van der Waals surface area contributed by atoms with Crippen LogP contribution in [0.5, 0.6) is 0 Å². The van der Waals surface area contributed by atoms with E-state index in [4.69, 9.17) is 0 Å². The van der Waals surface area contributed by atoms with E-state index in [2.05, 4.69) is 20.6 Å². The molecule has 0 unspecified atom stereocenters. The molecule has 0 atom stereocenters. The second-order valence-electron chi connectivity index (χ2n) is 5.11. The van der Waals surface area contributed by atoms with Crippen molar-refractivity contribution in [3.63, 3.8) is 0 Å². The van der Waals surface area contributed by atoms with Crippen LogP contribution in [0.2, 0.25) is 0 Å². The van der Waals surface area contributed by atoms with E-state index in [1.807, 2.05) is 25.3 Å². The molecule has 0 saturated carbocycles. The molecule has 0 aromatic carbocycles. The molecule has 0 aliphatic carbocycles. The van der Waals surface area contributed by atoms with E-state index in [9.17, 15) is 9.59 Å². The van der Waals surface area contributed by atoms with Gasteiger partial charge in [-0.25, -0.2) is 9.66 Å². The number of hydrogen-bond acceptors (Lipinski definition) is 7. The summed E-state index contributed by atoms with van der Waals surface area (Å²) in [4.78, 5) is 30.6. The van der Waals surface area contributed by atoms with E-state index in [0.717, 1.165) is 21.7 Å². The van der Waals surface area contributed by atoms with Crippen LogP contribution in [-0.2, 0) is 11.3 Å². The number of nitrogens with one attached hydrogen (secondary N) is 1. The maximum absolute atomic E-state index is 12.5. The number of aromatic nitrogens is 5. The van der Waals surface area contributed by atoms with Gasteiger partial charge < -0.3 is 4.57 Å². The highest BCUT2D eigenvalue weighted by molar-refractivity contribution is 7.99. The zero-order valence-electron chi connectivity index (χ0n) is 13.4. The van der Waals surface area contributed by atoms with E-state index in [0.29, 0.717) is 15.4 Å². The zero-order chi connectivity index (χ0) is 17.3. The Morgan fingerprint density at radius 3 is 2.92 bits per heavy atom. The van der Waals surface area contributed by atoms with Crippen LogP contribution < -0.4 is 11.0 Å². The molecule has 0 aliphatic rings. The summed E-state index contributed by atoms with van der Waals surface area (Å²) >= 11 is 2.74. The van der Waals surface area contributed by atoms with Crippen molar-refractivity contribution in [2.24, 2.45) is 0 Å². The van der Waals surface area contributed by atoms with Gasteiger partial charge in [0.2, 0.25) is 5.91 Å². The molecule has 0 bridgehead atoms. The molecular formula is C14H16N6O2S2. The summed E-state index contributed by atoms with van der Waals surface area (Å²) in [5, 5.41) is 8.99. The molecule has 1 N–H and O–H groups in total. The molecule has 8 nitrogen and oxygen atoms in total. The van der Waals surface area contributed by atoms with Crippen molar-refractivity contribution in [2.45, 2.75) is 32.5 Å². The van der Waals surface area contributed by atoms with E-state index in [1.165, 1.54) is 29.4 Å². The Labute approximate surface area is 145 Å². The topological polar surface area (TPSA) is 94.7 Å². The summed E-state index contributed by atoms with van der Waals surface area (Å²) in [5.41, 5.74) is 3.21. The molecule has 0 fully saturated rings. The van der Waals surface area contributed by atoms with Gasteiger partial charge in [0.25, 0.3) is 5.56 Å². The van der Waals surface area contributed by atoms with Crippen LogP contribution in [-0.4, -0.2) is 36.1 Å². The average molecular weight is 364 g/mol. The van der Waals surface area contributed by atoms with Crippen molar-refractivity contribution in [2.75, 3.05) is 11.2 Å². The summed E-state index contributed by atoms with van der Waals surface area (Å²) < 4.78 is 2.98. The van der Waals surface area contributed by atoms with Crippen LogP contribution in [0.25, 0.3) is 10.2 Å². The first-order chi connectivity index (χ1) is 11.5. The number of thioether (sulfide) groups is 1. The van der Waals surface area contributed by atoms with Crippen LogP contribution in [0.3, 0.4) is 0 Å². The van der Waals surface area contributed by atoms with Crippen molar-refractivity contribution < 1.29 is 4.79 Å². The second kappa shape index (κ2) is 6.73. The third kappa shape index (κ3) is 3.06. The molecule has 1 amide bonds. The molecule has 0 saturated heterocycles. The fraction of sp³-hybridized carbons (Fsp3) is 0.357. The van der Waals surface area contributed by atoms with E-state index in [-0.39, 0.29) is 17.2 Å². The number of carbonyl (C=O) groups excluding carboxylic acids is 1. The molecule has 3 aromatic heterocycles. The number of fused-ring (bicyclic) bond motifs is 1. The van der Waals surface area contributed by atoms with Crippen molar-refractivity contribution in [1.29, 1.82) is 0 Å². The summed E-state index contributed by atoms with van der Waals surface area (Å²) in [7, 11) is 0. The highest BCUT2D eigenvalue weighted by Gasteiger charge is 2.14. The van der Waals surface area contributed by atoms with E-state index >= 15 is 0 Å². The number of carbonyl (C=O) groups is 1. The van der Waals surface area contributed by atoms with Crippen LogP contribution in [0.15, 0.2) is 22.6 Å². The van der Waals surface area contributed by atoms with Gasteiger partial charge in [-0.2, -0.15) is 0 Å². The van der Waals surface area contributed by atoms with Crippen molar-refractivity contribution >= 4 is 39.2 Å². The van der Waals surface area contributed by atoms with Crippen molar-refractivity contribution in [1.82, 2.24) is 24.4 Å². The lowest BCUT2D eigenvalue weighted by molar-refractivity contribution is -0.114. The van der Waals surface area contributed by atoms with E-state index < -0.39 is 0 Å². The van der Waals surface area contributed by atoms with Crippen molar-refractivity contribution in [3.8, 4) is 0 Å². The van der Waals surface area contributed by atoms with E-state index in [1.54, 1.807) is 6.33 Å². The minimum Gasteiger partial charge on any atom is -0.309 e. The maximum atomic E-state index is 12.5. The lowest BCUT2D eigenvalue weighted by atomic mass is 10.2. The first-order valence-electron chi connectivity index (χ1n) is 7.29. The SMILES string of the molecule is CCn1cnnc1SCC(=O)Nn1cnc2sc(C)c(C)c2c1=O. The Balaban J connectivity index is 1.75. The Morgan fingerprint density at radius 1 is 1.38 bits per heavy atom. The third-order valence-electron chi connectivity index (χ3n) is 3.59. The lowest BCUT2D eigenvalue weighted by Crippen LogP contribution is -2.34. The molecule has 3 aromatic rings. The largest absolute Gasteiger partial charge is 0.309 e. The lowest BCUT2D eigenvalue weighted by Gasteiger charge is -2.07. The fourth-order valence-corrected chi connectivity index (χ4v) is 3.94. The number of thiophene rings is 1. The first kappa shape index (κ1) is 16.7. The standard InChI is InChI=1S/C14H16N6O2S2/c1-4-19-7-16-17-14(19)23-5-10(21)18-20-6-15-12-11(13(20)22)8(2)9(3)24-12/h6-7H,4-5H2,1-3H3,(H,18,21). The predicted molar refractivity (Wildman–Crippen MR) is 94.1 cm³/mol. The van der Waals surface area contributed by atoms with Gasteiger partial charge in [-0.1, -0.05) is 11.8 Å². The molecule has 0 spiro atoms. The number of amides is 1. The van der Waals surface area contributed by atoms with Gasteiger partial charge in [0.1, 0.15) is 17.5 Å². The molecule has 0 radical (unpaired) electrons. The maximum Gasteiger partial charge on any atom is 0.281 e. The Kier molecular flexibility index (Phi) is 4.67. The average Bonchev–Trinajstić information content (AvgIpc) is 3.13. The zero-order valence-corrected chi connectivity index (χ0v) is 15.1. The van der Waals surface area contributed by atoms with Gasteiger partial charge in [0.05, 0.1) is 11.1 Å². The predicted octanol–water partition coefficient (Wildman–Crippen LogP) is 1.55. The molecule has 0 aliphatic heterocycles. The van der Waals surface area contributed by atoms with Gasteiger partial charge in [-0.3, -0.25) is 15.0 Å². The first-order valence-corrected chi connectivity index (χ1v) is 9.09. The molecule has 3 heterocycles. The molecule has 3 rings (SSSR count). The van der Waals surface area contributed by atoms with Gasteiger partial charge in [0, 0.05) is 11.4 Å². The van der Waals surface area contributed by atoms with Gasteiger partial charge >= 0.3 is 0 Å². The highest BCUT2D eigenvalue weighted by atomic mass is 32.2. The van der Waals surface area contributed by atoms with Crippen LogP contribution in [0, 0.1) is 13.8 Å². The Hall–Kier alpha value is -2.20. The quantitative estimate of drug-likeness (QED) is 0.690. The number of rotatable bonds is 5. The van der Waals surface area contributed by atoms with Crippen molar-refractivity contribution in [3.05, 3.63) is 33.4 Å². The number of nitrogens with zero attached hydrogens (tertiary/aromatic N) is 5. The Morgan fingerprint density at radius 2 is 2.17 bits per heavy atom. The number of aryl methyl sites for hydroxylation is 3. The number of hydrogen-bond donors (Lipinski definition) is 1. The summed E-state index contributed by atoms with van der Waals surface area (Å²) in [5.74, 6) is -0.177. The van der Waals surface area contributed by atoms with Gasteiger partial charge in [-0.15, -0.1) is 21.5 Å². The smallest absolute Gasteiger partial charge is 0.281 e. The normalized spacial score (nSPS) is 11.1. The fourth-order valence-electron chi connectivity index (χ4n) is 2.18. The van der Waals surface area contributed by atoms with Crippen LogP contribution in [0.1, 0.15) is 17.4 Å². The molecular weight excluding hydrogens is 348 g/mol.